The summed E-state index contributed by atoms with van der Waals surface area (Å²) in [5.74, 6) is 1.06. The summed E-state index contributed by atoms with van der Waals surface area (Å²) >= 11 is 1.50. The lowest BCUT2D eigenvalue weighted by molar-refractivity contribution is -0.116. The smallest absolute Gasteiger partial charge is 0.237 e. The van der Waals surface area contributed by atoms with Gasteiger partial charge in [0, 0.05) is 23.3 Å². The van der Waals surface area contributed by atoms with Gasteiger partial charge in [0.05, 0.1) is 5.75 Å². The highest BCUT2D eigenvalue weighted by molar-refractivity contribution is 8.00. The van der Waals surface area contributed by atoms with E-state index >= 15 is 0 Å². The standard InChI is InChI=1S/C16H17N3OS/c17-15-8-7-13(10-18-15)21-11-16(20)19-9-3-5-12-4-1-2-6-14(12)19/h1-2,4,6-8,10H,3,5,9,11H2,(H2,17,18). The number of pyridine rings is 1. The molecule has 3 rings (SSSR count). The second-order valence-electron chi connectivity index (χ2n) is 4.99. The van der Waals surface area contributed by atoms with Crippen LogP contribution in [-0.2, 0) is 11.2 Å². The van der Waals surface area contributed by atoms with Gasteiger partial charge in [-0.05, 0) is 36.6 Å². The Bertz CT molecular complexity index is 642. The van der Waals surface area contributed by atoms with Gasteiger partial charge in [-0.15, -0.1) is 11.8 Å². The van der Waals surface area contributed by atoms with Crippen molar-refractivity contribution in [3.05, 3.63) is 48.2 Å². The Morgan fingerprint density at radius 2 is 2.14 bits per heavy atom. The molecule has 0 atom stereocenters. The fraction of sp³-hybridized carbons (Fsp3) is 0.250. The molecule has 0 spiro atoms. The van der Waals surface area contributed by atoms with Gasteiger partial charge in [0.1, 0.15) is 5.82 Å². The number of hydrogen-bond acceptors (Lipinski definition) is 4. The number of fused-ring (bicyclic) bond motifs is 1. The van der Waals surface area contributed by atoms with E-state index in [1.54, 1.807) is 12.3 Å². The number of benzene rings is 1. The maximum atomic E-state index is 12.5. The van der Waals surface area contributed by atoms with Crippen molar-refractivity contribution in [1.82, 2.24) is 4.98 Å². The van der Waals surface area contributed by atoms with E-state index in [2.05, 4.69) is 11.1 Å². The quantitative estimate of drug-likeness (QED) is 0.885. The number of rotatable bonds is 3. The van der Waals surface area contributed by atoms with Crippen LogP contribution in [0.15, 0.2) is 47.5 Å². The van der Waals surface area contributed by atoms with Gasteiger partial charge in [0.15, 0.2) is 0 Å². The number of thioether (sulfide) groups is 1. The molecule has 0 saturated carbocycles. The molecule has 0 unspecified atom stereocenters. The Hall–Kier alpha value is -2.01. The summed E-state index contributed by atoms with van der Waals surface area (Å²) in [6.45, 7) is 0.802. The molecule has 1 aromatic carbocycles. The zero-order valence-corrected chi connectivity index (χ0v) is 12.5. The van der Waals surface area contributed by atoms with E-state index in [9.17, 15) is 4.79 Å². The molecule has 1 aliphatic heterocycles. The minimum absolute atomic E-state index is 0.143. The van der Waals surface area contributed by atoms with Crippen LogP contribution >= 0.6 is 11.8 Å². The van der Waals surface area contributed by atoms with Gasteiger partial charge in [-0.25, -0.2) is 4.98 Å². The third-order valence-electron chi connectivity index (χ3n) is 3.53. The number of para-hydroxylation sites is 1. The van der Waals surface area contributed by atoms with Gasteiger partial charge in [-0.2, -0.15) is 0 Å². The molecule has 2 heterocycles. The van der Waals surface area contributed by atoms with Crippen LogP contribution in [0.4, 0.5) is 11.5 Å². The predicted molar refractivity (Wildman–Crippen MR) is 86.5 cm³/mol. The molecule has 108 valence electrons. The molecule has 0 radical (unpaired) electrons. The Morgan fingerprint density at radius 1 is 1.29 bits per heavy atom. The van der Waals surface area contributed by atoms with E-state index in [0.29, 0.717) is 11.6 Å². The second kappa shape index (κ2) is 6.18. The van der Waals surface area contributed by atoms with Crippen molar-refractivity contribution in [2.24, 2.45) is 0 Å². The van der Waals surface area contributed by atoms with Gasteiger partial charge in [-0.1, -0.05) is 18.2 Å². The fourth-order valence-corrected chi connectivity index (χ4v) is 3.23. The molecule has 4 nitrogen and oxygen atoms in total. The molecule has 5 heteroatoms. The molecule has 2 N–H and O–H groups in total. The molecule has 0 saturated heterocycles. The zero-order chi connectivity index (χ0) is 14.7. The van der Waals surface area contributed by atoms with Crippen LogP contribution in [-0.4, -0.2) is 23.2 Å². The van der Waals surface area contributed by atoms with E-state index in [0.717, 1.165) is 30.0 Å². The van der Waals surface area contributed by atoms with E-state index in [1.165, 1.54) is 17.3 Å². The van der Waals surface area contributed by atoms with Gasteiger partial charge >= 0.3 is 0 Å². The van der Waals surface area contributed by atoms with Crippen LogP contribution < -0.4 is 10.6 Å². The summed E-state index contributed by atoms with van der Waals surface area (Å²) in [5.41, 5.74) is 7.88. The zero-order valence-electron chi connectivity index (χ0n) is 11.7. The summed E-state index contributed by atoms with van der Waals surface area (Å²) in [6, 6.07) is 11.8. The number of amides is 1. The van der Waals surface area contributed by atoms with Crippen molar-refractivity contribution in [2.45, 2.75) is 17.7 Å². The van der Waals surface area contributed by atoms with Crippen molar-refractivity contribution in [3.8, 4) is 0 Å². The summed E-state index contributed by atoms with van der Waals surface area (Å²) in [4.78, 5) is 19.4. The summed E-state index contributed by atoms with van der Waals surface area (Å²) in [5, 5.41) is 0. The van der Waals surface area contributed by atoms with Crippen LogP contribution in [0.2, 0.25) is 0 Å². The lowest BCUT2D eigenvalue weighted by Crippen LogP contribution is -2.36. The monoisotopic (exact) mass is 299 g/mol. The number of carbonyl (C=O) groups excluding carboxylic acids is 1. The minimum atomic E-state index is 0.143. The third-order valence-corrected chi connectivity index (χ3v) is 4.50. The topological polar surface area (TPSA) is 59.2 Å². The van der Waals surface area contributed by atoms with Crippen molar-refractivity contribution < 1.29 is 4.79 Å². The highest BCUT2D eigenvalue weighted by Gasteiger charge is 2.21. The van der Waals surface area contributed by atoms with E-state index < -0.39 is 0 Å². The summed E-state index contributed by atoms with van der Waals surface area (Å²) in [7, 11) is 0. The van der Waals surface area contributed by atoms with Gasteiger partial charge in [-0.3, -0.25) is 4.79 Å². The lowest BCUT2D eigenvalue weighted by atomic mass is 10.0. The number of nitrogens with zero attached hydrogens (tertiary/aromatic N) is 2. The molecule has 1 amide bonds. The first kappa shape index (κ1) is 13.9. The molecule has 2 aromatic rings. The fourth-order valence-electron chi connectivity index (χ4n) is 2.49. The van der Waals surface area contributed by atoms with Crippen molar-refractivity contribution in [1.29, 1.82) is 0 Å². The van der Waals surface area contributed by atoms with Gasteiger partial charge in [0.25, 0.3) is 0 Å². The lowest BCUT2D eigenvalue weighted by Gasteiger charge is -2.29. The number of anilines is 2. The highest BCUT2D eigenvalue weighted by Crippen LogP contribution is 2.28. The molecule has 1 aromatic heterocycles. The van der Waals surface area contributed by atoms with E-state index in [1.807, 2.05) is 29.2 Å². The van der Waals surface area contributed by atoms with Crippen LogP contribution in [0.5, 0.6) is 0 Å². The largest absolute Gasteiger partial charge is 0.384 e. The minimum Gasteiger partial charge on any atom is -0.384 e. The van der Waals surface area contributed by atoms with Crippen LogP contribution in [0.1, 0.15) is 12.0 Å². The first-order valence-corrected chi connectivity index (χ1v) is 7.95. The Morgan fingerprint density at radius 3 is 2.95 bits per heavy atom. The van der Waals surface area contributed by atoms with E-state index in [-0.39, 0.29) is 5.91 Å². The van der Waals surface area contributed by atoms with Crippen LogP contribution in [0.3, 0.4) is 0 Å². The number of aryl methyl sites for hydroxylation is 1. The van der Waals surface area contributed by atoms with Crippen molar-refractivity contribution in [3.63, 3.8) is 0 Å². The Labute approximate surface area is 128 Å². The second-order valence-corrected chi connectivity index (χ2v) is 6.03. The van der Waals surface area contributed by atoms with Crippen LogP contribution in [0.25, 0.3) is 0 Å². The number of carbonyl (C=O) groups is 1. The number of aromatic nitrogens is 1. The maximum Gasteiger partial charge on any atom is 0.237 e. The maximum absolute atomic E-state index is 12.5. The normalized spacial score (nSPS) is 13.8. The number of nitrogens with two attached hydrogens (primary N) is 1. The first-order valence-electron chi connectivity index (χ1n) is 6.96. The summed E-state index contributed by atoms with van der Waals surface area (Å²) < 4.78 is 0. The molecule has 0 fully saturated rings. The molecule has 0 bridgehead atoms. The SMILES string of the molecule is Nc1ccc(SCC(=O)N2CCCc3ccccc32)cn1. The average molecular weight is 299 g/mol. The average Bonchev–Trinajstić information content (AvgIpc) is 2.53. The van der Waals surface area contributed by atoms with Gasteiger partial charge in [0.2, 0.25) is 5.91 Å². The number of hydrogen-bond donors (Lipinski definition) is 1. The molecular weight excluding hydrogens is 282 g/mol. The van der Waals surface area contributed by atoms with Crippen molar-refractivity contribution >= 4 is 29.2 Å². The molecule has 0 aliphatic carbocycles. The molecular formula is C16H17N3OS. The predicted octanol–water partition coefficient (Wildman–Crippen LogP) is 2.74. The number of nitrogen functional groups attached to an aromatic ring is 1. The molecule has 1 aliphatic rings. The summed E-state index contributed by atoms with van der Waals surface area (Å²) in [6.07, 6.45) is 3.78. The highest BCUT2D eigenvalue weighted by atomic mass is 32.2. The van der Waals surface area contributed by atoms with Gasteiger partial charge < -0.3 is 10.6 Å². The van der Waals surface area contributed by atoms with Crippen LogP contribution in [0, 0.1) is 0 Å². The van der Waals surface area contributed by atoms with E-state index in [4.69, 9.17) is 5.73 Å². The van der Waals surface area contributed by atoms with Crippen molar-refractivity contribution in [2.75, 3.05) is 22.9 Å². The third kappa shape index (κ3) is 3.19. The Kier molecular flexibility index (Phi) is 4.10. The first-order chi connectivity index (χ1) is 10.2. The molecule has 21 heavy (non-hydrogen) atoms. The Balaban J connectivity index is 1.68.